The summed E-state index contributed by atoms with van der Waals surface area (Å²) in [6.07, 6.45) is 15.4. The lowest BCUT2D eigenvalue weighted by Gasteiger charge is -2.12. The van der Waals surface area contributed by atoms with Crippen LogP contribution in [0, 0.1) is 17.8 Å². The summed E-state index contributed by atoms with van der Waals surface area (Å²) in [5.74, 6) is 0.951. The smallest absolute Gasteiger partial charge is 0.306 e. The van der Waals surface area contributed by atoms with Gasteiger partial charge in [-0.25, -0.2) is 0 Å². The van der Waals surface area contributed by atoms with Crippen molar-refractivity contribution < 1.29 is 9.90 Å². The number of aliphatic carboxylic acids is 1. The zero-order valence-electron chi connectivity index (χ0n) is 16.3. The van der Waals surface area contributed by atoms with Crippen molar-refractivity contribution >= 4 is 5.97 Å². The van der Waals surface area contributed by atoms with Gasteiger partial charge in [0.25, 0.3) is 0 Å². The van der Waals surface area contributed by atoms with Gasteiger partial charge < -0.3 is 5.11 Å². The minimum absolute atomic E-state index is 0.103. The minimum atomic E-state index is -0.578. The first kappa shape index (κ1) is 22.5. The fourth-order valence-corrected chi connectivity index (χ4v) is 3.13. The predicted molar refractivity (Wildman–Crippen MR) is 101 cm³/mol. The van der Waals surface area contributed by atoms with Crippen molar-refractivity contribution in [1.82, 2.24) is 0 Å². The molecule has 0 heterocycles. The molecule has 0 aromatic carbocycles. The second-order valence-electron chi connectivity index (χ2n) is 7.93. The van der Waals surface area contributed by atoms with Crippen LogP contribution in [0.15, 0.2) is 0 Å². The normalized spacial score (nSPS) is 14.1. The van der Waals surface area contributed by atoms with Gasteiger partial charge in [-0.1, -0.05) is 98.3 Å². The van der Waals surface area contributed by atoms with Crippen LogP contribution in [0.5, 0.6) is 0 Å². The van der Waals surface area contributed by atoms with Crippen LogP contribution in [0.3, 0.4) is 0 Å². The molecule has 0 aliphatic rings. The number of carboxylic acid groups (broad SMARTS) is 1. The van der Waals surface area contributed by atoms with E-state index in [9.17, 15) is 9.90 Å². The Balaban J connectivity index is 3.59. The molecule has 0 saturated carbocycles. The molecule has 0 spiro atoms. The first-order valence-corrected chi connectivity index (χ1v) is 10.2. The van der Waals surface area contributed by atoms with E-state index in [1.54, 1.807) is 0 Å². The second-order valence-corrected chi connectivity index (χ2v) is 7.93. The Kier molecular flexibility index (Phi) is 14.7. The van der Waals surface area contributed by atoms with Crippen LogP contribution in [0.2, 0.25) is 0 Å². The molecular weight excluding hydrogens is 284 g/mol. The molecule has 0 saturated heterocycles. The van der Waals surface area contributed by atoms with Crippen molar-refractivity contribution in [2.75, 3.05) is 0 Å². The Morgan fingerprint density at radius 3 is 1.65 bits per heavy atom. The largest absolute Gasteiger partial charge is 0.481 e. The molecule has 0 aliphatic heterocycles. The van der Waals surface area contributed by atoms with Gasteiger partial charge in [0.15, 0.2) is 0 Å². The zero-order valence-corrected chi connectivity index (χ0v) is 16.3. The van der Waals surface area contributed by atoms with Crippen molar-refractivity contribution in [3.05, 3.63) is 0 Å². The molecule has 138 valence electrons. The average Bonchev–Trinajstić information content (AvgIpc) is 2.50. The molecule has 0 fully saturated rings. The van der Waals surface area contributed by atoms with E-state index in [1.165, 1.54) is 57.8 Å². The molecule has 0 radical (unpaired) electrons. The lowest BCUT2D eigenvalue weighted by atomic mass is 9.93. The van der Waals surface area contributed by atoms with Gasteiger partial charge in [0.05, 0.1) is 5.92 Å². The molecule has 0 aromatic rings. The van der Waals surface area contributed by atoms with Crippen LogP contribution >= 0.6 is 0 Å². The first-order chi connectivity index (χ1) is 11.0. The highest BCUT2D eigenvalue weighted by Crippen LogP contribution is 2.20. The first-order valence-electron chi connectivity index (χ1n) is 10.2. The topological polar surface area (TPSA) is 37.3 Å². The molecule has 2 heteroatoms. The van der Waals surface area contributed by atoms with Crippen molar-refractivity contribution in [1.29, 1.82) is 0 Å². The summed E-state index contributed by atoms with van der Waals surface area (Å²) in [6, 6.07) is 0. The molecule has 0 amide bonds. The van der Waals surface area contributed by atoms with Gasteiger partial charge >= 0.3 is 5.97 Å². The minimum Gasteiger partial charge on any atom is -0.481 e. The van der Waals surface area contributed by atoms with Gasteiger partial charge in [-0.05, 0) is 24.7 Å². The summed E-state index contributed by atoms with van der Waals surface area (Å²) in [6.45, 7) is 9.10. The van der Waals surface area contributed by atoms with E-state index < -0.39 is 5.97 Å². The summed E-state index contributed by atoms with van der Waals surface area (Å²) in [5, 5.41) is 9.35. The lowest BCUT2D eigenvalue weighted by molar-refractivity contribution is -0.142. The highest BCUT2D eigenvalue weighted by atomic mass is 16.4. The number of carbonyl (C=O) groups is 1. The Hall–Kier alpha value is -0.530. The average molecular weight is 327 g/mol. The van der Waals surface area contributed by atoms with Crippen molar-refractivity contribution in [2.24, 2.45) is 17.8 Å². The van der Waals surface area contributed by atoms with Crippen molar-refractivity contribution in [3.8, 4) is 0 Å². The van der Waals surface area contributed by atoms with E-state index in [2.05, 4.69) is 27.7 Å². The predicted octanol–water partition coefficient (Wildman–Crippen LogP) is 7.07. The molecule has 2 atom stereocenters. The van der Waals surface area contributed by atoms with Crippen LogP contribution in [0.1, 0.15) is 111 Å². The fraction of sp³-hybridized carbons (Fsp3) is 0.952. The number of hydrogen-bond acceptors (Lipinski definition) is 1. The van der Waals surface area contributed by atoms with E-state index in [0.29, 0.717) is 0 Å². The van der Waals surface area contributed by atoms with Crippen LogP contribution in [-0.2, 0) is 4.79 Å². The third-order valence-electron chi connectivity index (χ3n) is 5.13. The standard InChI is InChI=1S/C21H42O2/c1-5-19(4)15-11-7-6-8-12-16-20(21(22)23)17-13-9-10-14-18(2)3/h18-20H,5-17H2,1-4H3,(H,22,23). The van der Waals surface area contributed by atoms with Crippen molar-refractivity contribution in [2.45, 2.75) is 111 Å². The highest BCUT2D eigenvalue weighted by molar-refractivity contribution is 5.69. The third-order valence-corrected chi connectivity index (χ3v) is 5.13. The Morgan fingerprint density at radius 1 is 0.739 bits per heavy atom. The van der Waals surface area contributed by atoms with Crippen LogP contribution in [0.4, 0.5) is 0 Å². The molecule has 2 nitrogen and oxygen atoms in total. The maximum absolute atomic E-state index is 11.3. The molecule has 0 aliphatic carbocycles. The number of unbranched alkanes of at least 4 members (excludes halogenated alkanes) is 6. The van der Waals surface area contributed by atoms with Crippen LogP contribution in [-0.4, -0.2) is 11.1 Å². The summed E-state index contributed by atoms with van der Waals surface area (Å²) in [5.41, 5.74) is 0. The fourth-order valence-electron chi connectivity index (χ4n) is 3.13. The zero-order chi connectivity index (χ0) is 17.5. The number of rotatable bonds is 16. The summed E-state index contributed by atoms with van der Waals surface area (Å²) >= 11 is 0. The van der Waals surface area contributed by atoms with E-state index in [0.717, 1.165) is 37.5 Å². The maximum Gasteiger partial charge on any atom is 0.306 e. The highest BCUT2D eigenvalue weighted by Gasteiger charge is 2.16. The monoisotopic (exact) mass is 326 g/mol. The molecule has 0 bridgehead atoms. The summed E-state index contributed by atoms with van der Waals surface area (Å²) in [7, 11) is 0. The molecule has 1 N–H and O–H groups in total. The third kappa shape index (κ3) is 14.8. The number of hydrogen-bond donors (Lipinski definition) is 1. The molecule has 23 heavy (non-hydrogen) atoms. The molecular formula is C21H42O2. The second kappa shape index (κ2) is 15.0. The van der Waals surface area contributed by atoms with E-state index in [4.69, 9.17) is 0 Å². The quantitative estimate of drug-likeness (QED) is 0.308. The van der Waals surface area contributed by atoms with Crippen LogP contribution in [0.25, 0.3) is 0 Å². The van der Waals surface area contributed by atoms with Gasteiger partial charge in [0.2, 0.25) is 0 Å². The SMILES string of the molecule is CCC(C)CCCCCCCC(CCCCCC(C)C)C(=O)O. The Bertz CT molecular complexity index is 273. The lowest BCUT2D eigenvalue weighted by Crippen LogP contribution is -2.13. The van der Waals surface area contributed by atoms with E-state index in [1.807, 2.05) is 0 Å². The Morgan fingerprint density at radius 2 is 1.17 bits per heavy atom. The summed E-state index contributed by atoms with van der Waals surface area (Å²) in [4.78, 5) is 11.3. The van der Waals surface area contributed by atoms with Gasteiger partial charge in [0.1, 0.15) is 0 Å². The van der Waals surface area contributed by atoms with Crippen LogP contribution < -0.4 is 0 Å². The van der Waals surface area contributed by atoms with Gasteiger partial charge in [0, 0.05) is 0 Å². The maximum atomic E-state index is 11.3. The Labute approximate surface area is 145 Å². The van der Waals surface area contributed by atoms with E-state index in [-0.39, 0.29) is 5.92 Å². The number of carboxylic acids is 1. The van der Waals surface area contributed by atoms with Gasteiger partial charge in [-0.15, -0.1) is 0 Å². The molecule has 0 aromatic heterocycles. The van der Waals surface area contributed by atoms with Gasteiger partial charge in [-0.2, -0.15) is 0 Å². The molecule has 2 unspecified atom stereocenters. The van der Waals surface area contributed by atoms with E-state index >= 15 is 0 Å². The van der Waals surface area contributed by atoms with Gasteiger partial charge in [-0.3, -0.25) is 4.79 Å². The summed E-state index contributed by atoms with van der Waals surface area (Å²) < 4.78 is 0. The van der Waals surface area contributed by atoms with Crippen molar-refractivity contribution in [3.63, 3.8) is 0 Å². The molecule has 0 rings (SSSR count).